The third-order valence-electron chi connectivity index (χ3n) is 3.49. The van der Waals surface area contributed by atoms with Crippen LogP contribution in [0.3, 0.4) is 0 Å². The molecule has 0 bridgehead atoms. The predicted octanol–water partition coefficient (Wildman–Crippen LogP) is 2.67. The van der Waals surface area contributed by atoms with Crippen molar-refractivity contribution in [2.45, 2.75) is 45.2 Å². The molecule has 2 rings (SSSR count). The fraction of sp³-hybridized carbons (Fsp3) is 0.769. The molecular weight excluding hydrogens is 230 g/mol. The monoisotopic (exact) mass is 253 g/mol. The van der Waals surface area contributed by atoms with Gasteiger partial charge in [-0.3, -0.25) is 4.90 Å². The molecule has 2 heterocycles. The Morgan fingerprint density at radius 2 is 2.53 bits per heavy atom. The summed E-state index contributed by atoms with van der Waals surface area (Å²) in [7, 11) is 0. The summed E-state index contributed by atoms with van der Waals surface area (Å²) in [5.74, 6) is 0. The quantitative estimate of drug-likeness (QED) is 0.874. The highest BCUT2D eigenvalue weighted by atomic mass is 32.1. The zero-order valence-corrected chi connectivity index (χ0v) is 11.7. The molecule has 1 aliphatic heterocycles. The van der Waals surface area contributed by atoms with Gasteiger partial charge in [-0.2, -0.15) is 0 Å². The second kappa shape index (κ2) is 6.47. The molecule has 1 aromatic heterocycles. The molecule has 0 aromatic carbocycles. The SMILES string of the molecule is CCCNC1CCCN(C(C)c2nccs2)C1. The van der Waals surface area contributed by atoms with Gasteiger partial charge in [0.25, 0.3) is 0 Å². The first kappa shape index (κ1) is 13.0. The molecule has 1 aromatic rings. The number of likely N-dealkylation sites (tertiary alicyclic amines) is 1. The van der Waals surface area contributed by atoms with Crippen LogP contribution in [0.1, 0.15) is 44.2 Å². The highest BCUT2D eigenvalue weighted by molar-refractivity contribution is 7.09. The molecule has 1 saturated heterocycles. The van der Waals surface area contributed by atoms with Gasteiger partial charge >= 0.3 is 0 Å². The second-order valence-electron chi connectivity index (χ2n) is 4.83. The maximum Gasteiger partial charge on any atom is 0.109 e. The Balaban J connectivity index is 1.88. The molecule has 3 nitrogen and oxygen atoms in total. The van der Waals surface area contributed by atoms with Crippen LogP contribution >= 0.6 is 11.3 Å². The van der Waals surface area contributed by atoms with E-state index < -0.39 is 0 Å². The summed E-state index contributed by atoms with van der Waals surface area (Å²) >= 11 is 1.77. The molecule has 0 aliphatic carbocycles. The molecule has 4 heteroatoms. The van der Waals surface area contributed by atoms with E-state index >= 15 is 0 Å². The van der Waals surface area contributed by atoms with Gasteiger partial charge in [-0.15, -0.1) is 11.3 Å². The minimum absolute atomic E-state index is 0.473. The lowest BCUT2D eigenvalue weighted by Crippen LogP contribution is -2.46. The lowest BCUT2D eigenvalue weighted by molar-refractivity contribution is 0.146. The highest BCUT2D eigenvalue weighted by Gasteiger charge is 2.24. The summed E-state index contributed by atoms with van der Waals surface area (Å²) in [5.41, 5.74) is 0. The molecule has 2 atom stereocenters. The Bertz CT molecular complexity index is 312. The first-order valence-corrected chi connectivity index (χ1v) is 7.56. The van der Waals surface area contributed by atoms with Crippen LogP contribution in [-0.4, -0.2) is 35.6 Å². The van der Waals surface area contributed by atoms with Crippen LogP contribution in [0.5, 0.6) is 0 Å². The summed E-state index contributed by atoms with van der Waals surface area (Å²) in [6.07, 6.45) is 5.75. The fourth-order valence-corrected chi connectivity index (χ4v) is 3.20. The molecule has 0 radical (unpaired) electrons. The first-order valence-electron chi connectivity index (χ1n) is 6.68. The molecule has 1 N–H and O–H groups in total. The molecular formula is C13H23N3S. The normalized spacial score (nSPS) is 23.8. The number of aromatic nitrogens is 1. The van der Waals surface area contributed by atoms with Crippen LogP contribution in [0.4, 0.5) is 0 Å². The molecule has 0 saturated carbocycles. The fourth-order valence-electron chi connectivity index (χ4n) is 2.47. The van der Waals surface area contributed by atoms with E-state index in [2.05, 4.69) is 34.4 Å². The topological polar surface area (TPSA) is 28.2 Å². The van der Waals surface area contributed by atoms with E-state index in [1.807, 2.05) is 6.20 Å². The van der Waals surface area contributed by atoms with Crippen molar-refractivity contribution in [2.75, 3.05) is 19.6 Å². The number of rotatable bonds is 5. The van der Waals surface area contributed by atoms with Crippen LogP contribution < -0.4 is 5.32 Å². The van der Waals surface area contributed by atoms with Crippen LogP contribution in [0.15, 0.2) is 11.6 Å². The van der Waals surface area contributed by atoms with E-state index in [1.165, 1.54) is 37.4 Å². The summed E-state index contributed by atoms with van der Waals surface area (Å²) in [6, 6.07) is 1.15. The molecule has 1 aliphatic rings. The lowest BCUT2D eigenvalue weighted by atomic mass is 10.0. The third kappa shape index (κ3) is 3.50. The van der Waals surface area contributed by atoms with Crippen LogP contribution in [0.2, 0.25) is 0 Å². The lowest BCUT2D eigenvalue weighted by Gasteiger charge is -2.36. The van der Waals surface area contributed by atoms with Gasteiger partial charge < -0.3 is 5.32 Å². The minimum Gasteiger partial charge on any atom is -0.313 e. The van der Waals surface area contributed by atoms with Gasteiger partial charge in [-0.25, -0.2) is 4.98 Å². The molecule has 2 unspecified atom stereocenters. The Labute approximate surface area is 108 Å². The Kier molecular flexibility index (Phi) is 4.95. The van der Waals surface area contributed by atoms with Crippen LogP contribution in [0, 0.1) is 0 Å². The number of thiazole rings is 1. The minimum atomic E-state index is 0.473. The van der Waals surface area contributed by atoms with Gasteiger partial charge in [0.2, 0.25) is 0 Å². The number of hydrogen-bond donors (Lipinski definition) is 1. The van der Waals surface area contributed by atoms with Crippen molar-refractivity contribution in [3.8, 4) is 0 Å². The van der Waals surface area contributed by atoms with E-state index in [0.717, 1.165) is 6.54 Å². The van der Waals surface area contributed by atoms with Crippen molar-refractivity contribution < 1.29 is 0 Å². The maximum absolute atomic E-state index is 4.43. The zero-order chi connectivity index (χ0) is 12.1. The summed E-state index contributed by atoms with van der Waals surface area (Å²) in [5, 5.41) is 6.97. The van der Waals surface area contributed by atoms with E-state index in [1.54, 1.807) is 11.3 Å². The van der Waals surface area contributed by atoms with Crippen molar-refractivity contribution >= 4 is 11.3 Å². The second-order valence-corrected chi connectivity index (χ2v) is 5.76. The average Bonchev–Trinajstić information content (AvgIpc) is 2.89. The number of nitrogens with zero attached hydrogens (tertiary/aromatic N) is 2. The van der Waals surface area contributed by atoms with Gasteiger partial charge in [0.1, 0.15) is 5.01 Å². The third-order valence-corrected chi connectivity index (χ3v) is 4.44. The van der Waals surface area contributed by atoms with Crippen LogP contribution in [-0.2, 0) is 0 Å². The summed E-state index contributed by atoms with van der Waals surface area (Å²) in [6.45, 7) is 8.03. The van der Waals surface area contributed by atoms with Gasteiger partial charge in [0.05, 0.1) is 6.04 Å². The molecule has 0 amide bonds. The predicted molar refractivity (Wildman–Crippen MR) is 73.4 cm³/mol. The first-order chi connectivity index (χ1) is 8.31. The van der Waals surface area contributed by atoms with Crippen LogP contribution in [0.25, 0.3) is 0 Å². The Morgan fingerprint density at radius 1 is 1.65 bits per heavy atom. The average molecular weight is 253 g/mol. The highest BCUT2D eigenvalue weighted by Crippen LogP contribution is 2.25. The smallest absolute Gasteiger partial charge is 0.109 e. The van der Waals surface area contributed by atoms with Gasteiger partial charge in [0.15, 0.2) is 0 Å². The van der Waals surface area contributed by atoms with Crippen molar-refractivity contribution in [3.63, 3.8) is 0 Å². The van der Waals surface area contributed by atoms with E-state index in [0.29, 0.717) is 12.1 Å². The number of nitrogens with one attached hydrogen (secondary N) is 1. The van der Waals surface area contributed by atoms with Crippen molar-refractivity contribution in [1.82, 2.24) is 15.2 Å². The van der Waals surface area contributed by atoms with Crippen molar-refractivity contribution in [3.05, 3.63) is 16.6 Å². The molecule has 96 valence electrons. The summed E-state index contributed by atoms with van der Waals surface area (Å²) in [4.78, 5) is 7.00. The van der Waals surface area contributed by atoms with E-state index in [4.69, 9.17) is 0 Å². The van der Waals surface area contributed by atoms with Gasteiger partial charge in [0, 0.05) is 24.2 Å². The molecule has 0 spiro atoms. The zero-order valence-electron chi connectivity index (χ0n) is 10.9. The molecule has 1 fully saturated rings. The molecule has 17 heavy (non-hydrogen) atoms. The van der Waals surface area contributed by atoms with Gasteiger partial charge in [-0.1, -0.05) is 6.92 Å². The Morgan fingerprint density at radius 3 is 3.24 bits per heavy atom. The van der Waals surface area contributed by atoms with Crippen molar-refractivity contribution in [2.24, 2.45) is 0 Å². The van der Waals surface area contributed by atoms with Gasteiger partial charge in [-0.05, 0) is 39.3 Å². The van der Waals surface area contributed by atoms with E-state index in [9.17, 15) is 0 Å². The standard InChI is InChI=1S/C13H23N3S/c1-3-6-14-12-5-4-8-16(10-12)11(2)13-15-7-9-17-13/h7,9,11-12,14H,3-6,8,10H2,1-2H3. The van der Waals surface area contributed by atoms with E-state index in [-0.39, 0.29) is 0 Å². The number of piperidine rings is 1. The van der Waals surface area contributed by atoms with Crippen molar-refractivity contribution in [1.29, 1.82) is 0 Å². The summed E-state index contributed by atoms with van der Waals surface area (Å²) < 4.78 is 0. The Hall–Kier alpha value is -0.450. The number of hydrogen-bond acceptors (Lipinski definition) is 4. The maximum atomic E-state index is 4.43. The largest absolute Gasteiger partial charge is 0.313 e.